The predicted octanol–water partition coefficient (Wildman–Crippen LogP) is 3.37. The number of nitrogens with zero attached hydrogens (tertiary/aromatic N) is 4. The smallest absolute Gasteiger partial charge is 0.244 e. The maximum absolute atomic E-state index is 12.9. The van der Waals surface area contributed by atoms with E-state index in [1.807, 2.05) is 23.1 Å². The van der Waals surface area contributed by atoms with Crippen molar-refractivity contribution < 1.29 is 4.79 Å². The maximum atomic E-state index is 12.9. The van der Waals surface area contributed by atoms with Crippen LogP contribution in [-0.4, -0.2) is 32.1 Å². The largest absolute Gasteiger partial charge is 0.333 e. The highest BCUT2D eigenvalue weighted by Gasteiger charge is 2.30. The molecule has 0 spiro atoms. The summed E-state index contributed by atoms with van der Waals surface area (Å²) in [5, 5.41) is 6.42. The van der Waals surface area contributed by atoms with Crippen LogP contribution in [0.1, 0.15) is 23.8 Å². The van der Waals surface area contributed by atoms with Crippen LogP contribution < -0.4 is 0 Å². The number of hydrogen-bond donors (Lipinski definition) is 0. The minimum absolute atomic E-state index is 0.130. The van der Waals surface area contributed by atoms with E-state index in [-0.39, 0.29) is 18.5 Å². The topological polar surface area (TPSA) is 51.0 Å². The van der Waals surface area contributed by atoms with Crippen LogP contribution in [0.15, 0.2) is 54.3 Å². The third-order valence-corrected chi connectivity index (χ3v) is 5.40. The molecule has 0 saturated carbocycles. The van der Waals surface area contributed by atoms with Crippen molar-refractivity contribution in [2.24, 2.45) is 0 Å². The van der Waals surface area contributed by atoms with Gasteiger partial charge in [-0.3, -0.25) is 14.5 Å². The second kappa shape index (κ2) is 6.57. The van der Waals surface area contributed by atoms with Gasteiger partial charge in [0.05, 0.1) is 11.7 Å². The van der Waals surface area contributed by atoms with Gasteiger partial charge in [0, 0.05) is 35.6 Å². The summed E-state index contributed by atoms with van der Waals surface area (Å²) in [7, 11) is 0. The third-order valence-electron chi connectivity index (χ3n) is 4.42. The molecular weight excluding hydrogens is 320 g/mol. The fraction of sp³-hybridized carbons (Fsp3) is 0.278. The van der Waals surface area contributed by atoms with Gasteiger partial charge < -0.3 is 4.90 Å². The third kappa shape index (κ3) is 2.85. The van der Waals surface area contributed by atoms with Gasteiger partial charge in [-0.15, -0.1) is 11.3 Å². The lowest BCUT2D eigenvalue weighted by Crippen LogP contribution is -2.33. The first kappa shape index (κ1) is 15.1. The molecule has 6 heteroatoms. The Morgan fingerprint density at radius 1 is 1.21 bits per heavy atom. The lowest BCUT2D eigenvalue weighted by Gasteiger charge is -2.24. The van der Waals surface area contributed by atoms with Gasteiger partial charge in [-0.2, -0.15) is 5.10 Å². The van der Waals surface area contributed by atoms with E-state index < -0.39 is 0 Å². The fourth-order valence-corrected chi connectivity index (χ4v) is 4.16. The fourth-order valence-electron chi connectivity index (χ4n) is 3.29. The first-order valence-corrected chi connectivity index (χ1v) is 8.96. The Bertz CT molecular complexity index is 813. The summed E-state index contributed by atoms with van der Waals surface area (Å²) in [4.78, 5) is 20.2. The summed E-state index contributed by atoms with van der Waals surface area (Å²) >= 11 is 1.73. The molecule has 0 aliphatic carbocycles. The van der Waals surface area contributed by atoms with Gasteiger partial charge in [-0.1, -0.05) is 6.07 Å². The van der Waals surface area contributed by atoms with Crippen molar-refractivity contribution in [3.8, 4) is 11.3 Å². The molecule has 1 aliphatic heterocycles. The molecule has 5 nitrogen and oxygen atoms in total. The van der Waals surface area contributed by atoms with E-state index in [0.717, 1.165) is 30.6 Å². The lowest BCUT2D eigenvalue weighted by molar-refractivity contribution is -0.132. The van der Waals surface area contributed by atoms with Crippen LogP contribution in [0.3, 0.4) is 0 Å². The normalized spacial score (nSPS) is 17.3. The van der Waals surface area contributed by atoms with E-state index in [1.165, 1.54) is 4.88 Å². The Hall–Kier alpha value is -2.47. The van der Waals surface area contributed by atoms with E-state index in [9.17, 15) is 4.79 Å². The number of rotatable bonds is 4. The molecule has 1 amide bonds. The molecule has 1 aliphatic rings. The highest BCUT2D eigenvalue weighted by Crippen LogP contribution is 2.34. The first-order valence-electron chi connectivity index (χ1n) is 8.08. The first-order chi connectivity index (χ1) is 11.8. The Balaban J connectivity index is 1.54. The predicted molar refractivity (Wildman–Crippen MR) is 93.5 cm³/mol. The molecule has 1 saturated heterocycles. The van der Waals surface area contributed by atoms with Crippen LogP contribution >= 0.6 is 11.3 Å². The molecule has 0 bridgehead atoms. The zero-order valence-electron chi connectivity index (χ0n) is 13.2. The van der Waals surface area contributed by atoms with E-state index in [2.05, 4.69) is 27.6 Å². The summed E-state index contributed by atoms with van der Waals surface area (Å²) in [5.41, 5.74) is 1.96. The van der Waals surface area contributed by atoms with Crippen molar-refractivity contribution in [1.82, 2.24) is 19.7 Å². The number of aromatic nitrogens is 3. The van der Waals surface area contributed by atoms with E-state index in [4.69, 9.17) is 0 Å². The summed E-state index contributed by atoms with van der Waals surface area (Å²) in [5.74, 6) is 0.130. The molecule has 4 rings (SSSR count). The Labute approximate surface area is 144 Å². The van der Waals surface area contributed by atoms with E-state index in [1.54, 1.807) is 34.6 Å². The zero-order valence-corrected chi connectivity index (χ0v) is 14.0. The van der Waals surface area contributed by atoms with Crippen molar-refractivity contribution in [1.29, 1.82) is 0 Å². The summed E-state index contributed by atoms with van der Waals surface area (Å²) in [6.45, 7) is 1.10. The van der Waals surface area contributed by atoms with Crippen molar-refractivity contribution >= 4 is 17.2 Å². The average Bonchev–Trinajstić information content (AvgIpc) is 3.36. The summed E-state index contributed by atoms with van der Waals surface area (Å²) in [6, 6.07) is 10.2. The quantitative estimate of drug-likeness (QED) is 0.733. The van der Waals surface area contributed by atoms with Crippen LogP contribution in [0.25, 0.3) is 11.3 Å². The van der Waals surface area contributed by atoms with Gasteiger partial charge in [-0.05, 0) is 42.5 Å². The number of carbonyl (C=O) groups excluding carboxylic acids is 1. The highest BCUT2D eigenvalue weighted by atomic mass is 32.1. The van der Waals surface area contributed by atoms with Crippen molar-refractivity contribution in [2.75, 3.05) is 6.54 Å². The molecule has 122 valence electrons. The number of carbonyl (C=O) groups is 1. The number of hydrogen-bond acceptors (Lipinski definition) is 4. The highest BCUT2D eigenvalue weighted by molar-refractivity contribution is 7.10. The molecule has 3 aromatic heterocycles. The van der Waals surface area contributed by atoms with Crippen molar-refractivity contribution in [3.63, 3.8) is 0 Å². The molecule has 1 fully saturated rings. The summed E-state index contributed by atoms with van der Waals surface area (Å²) in [6.07, 6.45) is 7.35. The molecule has 3 aromatic rings. The van der Waals surface area contributed by atoms with Crippen LogP contribution in [0.2, 0.25) is 0 Å². The number of thiophene rings is 1. The molecule has 0 N–H and O–H groups in total. The van der Waals surface area contributed by atoms with Crippen LogP contribution in [0.4, 0.5) is 0 Å². The molecule has 1 unspecified atom stereocenters. The molecule has 24 heavy (non-hydrogen) atoms. The monoisotopic (exact) mass is 338 g/mol. The summed E-state index contributed by atoms with van der Waals surface area (Å²) < 4.78 is 1.78. The number of amides is 1. The molecular formula is C18H18N4OS. The minimum atomic E-state index is 0.130. The number of pyridine rings is 1. The zero-order chi connectivity index (χ0) is 16.4. The van der Waals surface area contributed by atoms with E-state index in [0.29, 0.717) is 0 Å². The number of likely N-dealkylation sites (tertiary alicyclic amines) is 1. The Morgan fingerprint density at radius 2 is 2.08 bits per heavy atom. The van der Waals surface area contributed by atoms with Gasteiger partial charge in [0.15, 0.2) is 0 Å². The molecule has 4 heterocycles. The second-order valence-electron chi connectivity index (χ2n) is 5.87. The standard InChI is InChI=1S/C18H18N4OS/c23-18(21-11-1-3-16(21)17-4-2-12-24-17)13-22-15(7-10-20-22)14-5-8-19-9-6-14/h2,4-10,12,16H,1,3,11,13H2. The van der Waals surface area contributed by atoms with Crippen molar-refractivity contribution in [3.05, 3.63) is 59.2 Å². The molecule has 1 atom stereocenters. The van der Waals surface area contributed by atoms with Gasteiger partial charge in [0.25, 0.3) is 0 Å². The van der Waals surface area contributed by atoms with Gasteiger partial charge in [0.1, 0.15) is 6.54 Å². The van der Waals surface area contributed by atoms with Gasteiger partial charge in [0.2, 0.25) is 5.91 Å². The average molecular weight is 338 g/mol. The SMILES string of the molecule is O=C(Cn1nccc1-c1ccncc1)N1CCCC1c1cccs1. The van der Waals surface area contributed by atoms with Crippen molar-refractivity contribution in [2.45, 2.75) is 25.4 Å². The lowest BCUT2D eigenvalue weighted by atomic mass is 10.2. The van der Waals surface area contributed by atoms with Crippen LogP contribution in [0, 0.1) is 0 Å². The second-order valence-corrected chi connectivity index (χ2v) is 6.85. The maximum Gasteiger partial charge on any atom is 0.244 e. The van der Waals surface area contributed by atoms with Crippen LogP contribution in [0.5, 0.6) is 0 Å². The Kier molecular flexibility index (Phi) is 4.13. The van der Waals surface area contributed by atoms with Crippen LogP contribution in [-0.2, 0) is 11.3 Å². The molecule has 0 radical (unpaired) electrons. The minimum Gasteiger partial charge on any atom is -0.333 e. The Morgan fingerprint density at radius 3 is 2.88 bits per heavy atom. The van der Waals surface area contributed by atoms with Gasteiger partial charge >= 0.3 is 0 Å². The molecule has 0 aromatic carbocycles. The van der Waals surface area contributed by atoms with E-state index >= 15 is 0 Å². The van der Waals surface area contributed by atoms with Gasteiger partial charge in [-0.25, -0.2) is 0 Å².